The molecule has 1 aromatic rings. The van der Waals surface area contributed by atoms with E-state index in [1.165, 1.54) is 0 Å². The van der Waals surface area contributed by atoms with Crippen molar-refractivity contribution in [3.8, 4) is 0 Å². The van der Waals surface area contributed by atoms with Crippen molar-refractivity contribution in [2.24, 2.45) is 0 Å². The van der Waals surface area contributed by atoms with Gasteiger partial charge in [0.2, 0.25) is 0 Å². The molecule has 1 aliphatic heterocycles. The van der Waals surface area contributed by atoms with Crippen molar-refractivity contribution >= 4 is 15.7 Å². The Hall–Kier alpha value is -1.37. The van der Waals surface area contributed by atoms with Crippen LogP contribution in [0.3, 0.4) is 0 Å². The Morgan fingerprint density at radius 1 is 1.47 bits per heavy atom. The van der Waals surface area contributed by atoms with Gasteiger partial charge >= 0.3 is 0 Å². The minimum atomic E-state index is -2.98. The van der Waals surface area contributed by atoms with Gasteiger partial charge in [0.05, 0.1) is 22.8 Å². The van der Waals surface area contributed by atoms with Gasteiger partial charge in [-0.2, -0.15) is 5.10 Å². The number of amides is 1. The largest absolute Gasteiger partial charge is 0.348 e. The molecule has 2 rings (SSSR count). The van der Waals surface area contributed by atoms with E-state index < -0.39 is 9.84 Å². The van der Waals surface area contributed by atoms with Crippen molar-refractivity contribution in [2.75, 3.05) is 11.5 Å². The number of nitrogens with one attached hydrogen (secondary N) is 1. The van der Waals surface area contributed by atoms with E-state index in [1.54, 1.807) is 11.6 Å². The standard InChI is InChI=1S/C12H19N3O3S/c1-4-15-9(3)11(8(2)14-15)12(16)13-10-5-6-19(17,18)7-10/h10H,4-7H2,1-3H3,(H,13,16)/t10-/m1/s1. The number of rotatable bonds is 3. The van der Waals surface area contributed by atoms with E-state index in [0.29, 0.717) is 24.2 Å². The first-order chi connectivity index (χ1) is 8.84. The maximum absolute atomic E-state index is 12.2. The highest BCUT2D eigenvalue weighted by Gasteiger charge is 2.30. The highest BCUT2D eigenvalue weighted by molar-refractivity contribution is 7.91. The summed E-state index contributed by atoms with van der Waals surface area (Å²) in [6.45, 7) is 6.31. The second-order valence-corrected chi connectivity index (χ2v) is 7.16. The first-order valence-electron chi connectivity index (χ1n) is 6.39. The lowest BCUT2D eigenvalue weighted by Gasteiger charge is -2.11. The molecule has 0 bridgehead atoms. The average molecular weight is 285 g/mol. The fourth-order valence-electron chi connectivity index (χ4n) is 2.50. The van der Waals surface area contributed by atoms with Gasteiger partial charge in [-0.1, -0.05) is 0 Å². The summed E-state index contributed by atoms with van der Waals surface area (Å²) in [7, 11) is -2.98. The number of sulfone groups is 1. The zero-order valence-electron chi connectivity index (χ0n) is 11.4. The van der Waals surface area contributed by atoms with Crippen molar-refractivity contribution in [1.82, 2.24) is 15.1 Å². The van der Waals surface area contributed by atoms with Crippen LogP contribution in [-0.2, 0) is 16.4 Å². The molecule has 7 heteroatoms. The van der Waals surface area contributed by atoms with Crippen LogP contribution in [-0.4, -0.2) is 41.7 Å². The van der Waals surface area contributed by atoms with E-state index in [1.807, 2.05) is 13.8 Å². The molecule has 0 unspecified atom stereocenters. The number of aryl methyl sites for hydroxylation is 2. The zero-order valence-corrected chi connectivity index (χ0v) is 12.2. The Morgan fingerprint density at radius 3 is 2.63 bits per heavy atom. The summed E-state index contributed by atoms with van der Waals surface area (Å²) in [5, 5.41) is 7.09. The molecule has 6 nitrogen and oxygen atoms in total. The second kappa shape index (κ2) is 4.96. The van der Waals surface area contributed by atoms with Gasteiger partial charge in [-0.3, -0.25) is 9.48 Å². The van der Waals surface area contributed by atoms with E-state index in [-0.39, 0.29) is 23.5 Å². The average Bonchev–Trinajstić information content (AvgIpc) is 2.78. The van der Waals surface area contributed by atoms with Crippen molar-refractivity contribution in [3.63, 3.8) is 0 Å². The summed E-state index contributed by atoms with van der Waals surface area (Å²) in [5.41, 5.74) is 2.06. The van der Waals surface area contributed by atoms with Crippen LogP contribution >= 0.6 is 0 Å². The molecule has 0 aliphatic carbocycles. The topological polar surface area (TPSA) is 81.1 Å². The minimum absolute atomic E-state index is 0.0404. The van der Waals surface area contributed by atoms with E-state index in [0.717, 1.165) is 5.69 Å². The van der Waals surface area contributed by atoms with Crippen molar-refractivity contribution < 1.29 is 13.2 Å². The van der Waals surface area contributed by atoms with Crippen LogP contribution in [0.15, 0.2) is 0 Å². The van der Waals surface area contributed by atoms with Crippen LogP contribution in [0, 0.1) is 13.8 Å². The number of hydrogen-bond donors (Lipinski definition) is 1. The van der Waals surface area contributed by atoms with Gasteiger partial charge in [0.15, 0.2) is 9.84 Å². The number of aromatic nitrogens is 2. The van der Waals surface area contributed by atoms with Gasteiger partial charge in [-0.15, -0.1) is 0 Å². The molecule has 0 saturated carbocycles. The predicted octanol–water partition coefficient (Wildman–Crippen LogP) is 0.437. The summed E-state index contributed by atoms with van der Waals surface area (Å²) < 4.78 is 24.5. The van der Waals surface area contributed by atoms with Gasteiger partial charge in [0.1, 0.15) is 0 Å². The molecule has 0 aromatic carbocycles. The molecule has 1 aromatic heterocycles. The minimum Gasteiger partial charge on any atom is -0.348 e. The zero-order chi connectivity index (χ0) is 14.2. The van der Waals surface area contributed by atoms with E-state index in [2.05, 4.69) is 10.4 Å². The highest BCUT2D eigenvalue weighted by atomic mass is 32.2. The monoisotopic (exact) mass is 285 g/mol. The van der Waals surface area contributed by atoms with Crippen LogP contribution in [0.25, 0.3) is 0 Å². The molecule has 1 aliphatic rings. The molecule has 0 spiro atoms. The molecule has 2 heterocycles. The van der Waals surface area contributed by atoms with Gasteiger partial charge in [-0.25, -0.2) is 8.42 Å². The van der Waals surface area contributed by atoms with Crippen LogP contribution < -0.4 is 5.32 Å². The van der Waals surface area contributed by atoms with Crippen LogP contribution in [0.5, 0.6) is 0 Å². The Bertz CT molecular complexity index is 604. The van der Waals surface area contributed by atoms with E-state index in [9.17, 15) is 13.2 Å². The van der Waals surface area contributed by atoms with Gasteiger partial charge in [0.25, 0.3) is 5.91 Å². The Kier molecular flexibility index (Phi) is 3.66. The summed E-state index contributed by atoms with van der Waals surface area (Å²) in [4.78, 5) is 12.2. The second-order valence-electron chi connectivity index (χ2n) is 4.94. The third kappa shape index (κ3) is 2.80. The smallest absolute Gasteiger partial charge is 0.255 e. The van der Waals surface area contributed by atoms with Crippen molar-refractivity contribution in [2.45, 2.75) is 39.8 Å². The Morgan fingerprint density at radius 2 is 2.16 bits per heavy atom. The third-order valence-electron chi connectivity index (χ3n) is 3.48. The fraction of sp³-hybridized carbons (Fsp3) is 0.667. The molecule has 1 saturated heterocycles. The molecule has 0 radical (unpaired) electrons. The summed E-state index contributed by atoms with van der Waals surface area (Å²) in [6.07, 6.45) is 0.494. The van der Waals surface area contributed by atoms with Gasteiger partial charge in [0, 0.05) is 18.3 Å². The Labute approximate surface area is 113 Å². The van der Waals surface area contributed by atoms with Crippen LogP contribution in [0.2, 0.25) is 0 Å². The SMILES string of the molecule is CCn1nc(C)c(C(=O)N[C@@H]2CCS(=O)(=O)C2)c1C. The molecule has 19 heavy (non-hydrogen) atoms. The van der Waals surface area contributed by atoms with E-state index in [4.69, 9.17) is 0 Å². The Balaban J connectivity index is 2.15. The lowest BCUT2D eigenvalue weighted by molar-refractivity contribution is 0.0940. The molecule has 1 fully saturated rings. The molecule has 1 atom stereocenters. The quantitative estimate of drug-likeness (QED) is 0.873. The molecule has 106 valence electrons. The van der Waals surface area contributed by atoms with Crippen LogP contribution in [0.4, 0.5) is 0 Å². The molecule has 1 N–H and O–H groups in total. The summed E-state index contributed by atoms with van der Waals surface area (Å²) >= 11 is 0. The van der Waals surface area contributed by atoms with Crippen molar-refractivity contribution in [1.29, 1.82) is 0 Å². The van der Waals surface area contributed by atoms with Gasteiger partial charge < -0.3 is 5.32 Å². The third-order valence-corrected chi connectivity index (χ3v) is 5.24. The first-order valence-corrected chi connectivity index (χ1v) is 8.21. The van der Waals surface area contributed by atoms with Crippen molar-refractivity contribution in [3.05, 3.63) is 17.0 Å². The number of nitrogens with zero attached hydrogens (tertiary/aromatic N) is 2. The lowest BCUT2D eigenvalue weighted by Crippen LogP contribution is -2.36. The first kappa shape index (κ1) is 14.0. The maximum atomic E-state index is 12.2. The van der Waals surface area contributed by atoms with Gasteiger partial charge in [-0.05, 0) is 27.2 Å². The predicted molar refractivity (Wildman–Crippen MR) is 71.9 cm³/mol. The molecular formula is C12H19N3O3S. The number of carbonyl (C=O) groups is 1. The lowest BCUT2D eigenvalue weighted by atomic mass is 10.1. The summed E-state index contributed by atoms with van der Waals surface area (Å²) in [5.74, 6) is -0.0279. The normalized spacial score (nSPS) is 21.5. The molecular weight excluding hydrogens is 266 g/mol. The number of hydrogen-bond acceptors (Lipinski definition) is 4. The van der Waals surface area contributed by atoms with Crippen LogP contribution in [0.1, 0.15) is 35.1 Å². The maximum Gasteiger partial charge on any atom is 0.255 e. The van der Waals surface area contributed by atoms with E-state index >= 15 is 0 Å². The molecule has 1 amide bonds. The number of carbonyl (C=O) groups excluding carboxylic acids is 1. The summed E-state index contributed by atoms with van der Waals surface area (Å²) in [6, 6.07) is -0.277. The highest BCUT2D eigenvalue weighted by Crippen LogP contribution is 2.16. The fourth-order valence-corrected chi connectivity index (χ4v) is 4.17.